The van der Waals surface area contributed by atoms with E-state index in [9.17, 15) is 0 Å². The van der Waals surface area contributed by atoms with E-state index in [4.69, 9.17) is 5.73 Å². The van der Waals surface area contributed by atoms with E-state index in [0.717, 1.165) is 13.1 Å². The van der Waals surface area contributed by atoms with Gasteiger partial charge in [-0.2, -0.15) is 0 Å². The van der Waals surface area contributed by atoms with Gasteiger partial charge in [-0.25, -0.2) is 0 Å². The molecule has 2 N–H and O–H groups in total. The smallest absolute Gasteiger partial charge is 0.0236 e. The normalized spacial score (nSPS) is 11.3. The molecule has 0 radical (unpaired) electrons. The highest BCUT2D eigenvalue weighted by molar-refractivity contribution is 5.23. The maximum absolute atomic E-state index is 5.63. The van der Waals surface area contributed by atoms with Gasteiger partial charge in [0.15, 0.2) is 0 Å². The van der Waals surface area contributed by atoms with E-state index in [0.29, 0.717) is 12.6 Å². The second-order valence-electron chi connectivity index (χ2n) is 4.18. The summed E-state index contributed by atoms with van der Waals surface area (Å²) in [4.78, 5) is 2.44. The Hall–Kier alpha value is -0.860. The van der Waals surface area contributed by atoms with Crippen LogP contribution in [0.3, 0.4) is 0 Å². The lowest BCUT2D eigenvalue weighted by Crippen LogP contribution is -2.29. The maximum atomic E-state index is 5.63. The minimum absolute atomic E-state index is 0.594. The molecule has 0 aromatic heterocycles. The van der Waals surface area contributed by atoms with Crippen molar-refractivity contribution >= 4 is 0 Å². The van der Waals surface area contributed by atoms with Gasteiger partial charge in [0.05, 0.1) is 0 Å². The fourth-order valence-electron chi connectivity index (χ4n) is 1.75. The number of nitrogens with zero attached hydrogens (tertiary/aromatic N) is 1. The zero-order chi connectivity index (χ0) is 11.3. The summed E-state index contributed by atoms with van der Waals surface area (Å²) in [6, 6.07) is 9.13. The molecule has 84 valence electrons. The maximum Gasteiger partial charge on any atom is 0.0236 e. The van der Waals surface area contributed by atoms with E-state index < -0.39 is 0 Å². The largest absolute Gasteiger partial charge is 0.326 e. The minimum atomic E-state index is 0.594. The van der Waals surface area contributed by atoms with Gasteiger partial charge >= 0.3 is 0 Å². The number of hydrogen-bond acceptors (Lipinski definition) is 2. The summed E-state index contributed by atoms with van der Waals surface area (Å²) in [6.45, 7) is 9.40. The Balaban J connectivity index is 2.70. The second kappa shape index (κ2) is 5.89. The molecule has 0 amide bonds. The molecule has 15 heavy (non-hydrogen) atoms. The number of rotatable bonds is 5. The molecule has 2 heteroatoms. The molecular formula is C13H22N2. The van der Waals surface area contributed by atoms with Crippen molar-refractivity contribution in [1.29, 1.82) is 0 Å². The van der Waals surface area contributed by atoms with Crippen LogP contribution in [0.4, 0.5) is 0 Å². The van der Waals surface area contributed by atoms with Crippen LogP contribution in [-0.2, 0) is 13.1 Å². The molecule has 0 fully saturated rings. The molecule has 1 rings (SSSR count). The summed E-state index contributed by atoms with van der Waals surface area (Å²) in [7, 11) is 0. The third-order valence-electron chi connectivity index (χ3n) is 2.75. The monoisotopic (exact) mass is 206 g/mol. The summed E-state index contributed by atoms with van der Waals surface area (Å²) >= 11 is 0. The van der Waals surface area contributed by atoms with Crippen LogP contribution in [0, 0.1) is 0 Å². The topological polar surface area (TPSA) is 29.3 Å². The van der Waals surface area contributed by atoms with Gasteiger partial charge in [-0.15, -0.1) is 0 Å². The lowest BCUT2D eigenvalue weighted by Gasteiger charge is -2.24. The van der Waals surface area contributed by atoms with Crippen LogP contribution in [0.25, 0.3) is 0 Å². The molecule has 0 saturated heterocycles. The van der Waals surface area contributed by atoms with Crippen molar-refractivity contribution in [2.24, 2.45) is 5.73 Å². The zero-order valence-corrected chi connectivity index (χ0v) is 10.0. The number of benzene rings is 1. The van der Waals surface area contributed by atoms with Gasteiger partial charge in [-0.05, 0) is 31.5 Å². The average Bonchev–Trinajstić information content (AvgIpc) is 2.25. The summed E-state index contributed by atoms with van der Waals surface area (Å²) in [5, 5.41) is 0. The average molecular weight is 206 g/mol. The van der Waals surface area contributed by atoms with Crippen molar-refractivity contribution in [3.05, 3.63) is 35.4 Å². The van der Waals surface area contributed by atoms with E-state index >= 15 is 0 Å². The highest BCUT2D eigenvalue weighted by atomic mass is 15.1. The van der Waals surface area contributed by atoms with E-state index in [1.807, 2.05) is 0 Å². The summed E-state index contributed by atoms with van der Waals surface area (Å²) < 4.78 is 0. The van der Waals surface area contributed by atoms with Crippen LogP contribution in [0.15, 0.2) is 24.3 Å². The molecule has 0 heterocycles. The van der Waals surface area contributed by atoms with Crippen molar-refractivity contribution in [3.8, 4) is 0 Å². The van der Waals surface area contributed by atoms with E-state index in [1.54, 1.807) is 0 Å². The zero-order valence-electron chi connectivity index (χ0n) is 10.0. The van der Waals surface area contributed by atoms with Crippen molar-refractivity contribution < 1.29 is 0 Å². The molecule has 0 atom stereocenters. The molecule has 0 aliphatic heterocycles. The SMILES string of the molecule is CCN(Cc1cccc(CN)c1)C(C)C. The molecule has 0 unspecified atom stereocenters. The lowest BCUT2D eigenvalue weighted by molar-refractivity contribution is 0.225. The molecule has 0 aliphatic rings. The van der Waals surface area contributed by atoms with Crippen LogP contribution in [0.2, 0.25) is 0 Å². The first kappa shape index (κ1) is 12.2. The summed E-state index contributed by atoms with van der Waals surface area (Å²) in [5.74, 6) is 0. The molecule has 1 aromatic carbocycles. The molecular weight excluding hydrogens is 184 g/mol. The van der Waals surface area contributed by atoms with Gasteiger partial charge in [-0.3, -0.25) is 4.90 Å². The fraction of sp³-hybridized carbons (Fsp3) is 0.538. The first-order chi connectivity index (χ1) is 7.17. The van der Waals surface area contributed by atoms with Gasteiger partial charge in [-0.1, -0.05) is 31.2 Å². The first-order valence-corrected chi connectivity index (χ1v) is 5.69. The fourth-order valence-corrected chi connectivity index (χ4v) is 1.75. The molecule has 2 nitrogen and oxygen atoms in total. The van der Waals surface area contributed by atoms with Crippen molar-refractivity contribution in [2.45, 2.75) is 39.9 Å². The summed E-state index contributed by atoms with van der Waals surface area (Å²) in [5.41, 5.74) is 8.20. The van der Waals surface area contributed by atoms with Crippen LogP contribution in [-0.4, -0.2) is 17.5 Å². The van der Waals surface area contributed by atoms with Crippen LogP contribution in [0.5, 0.6) is 0 Å². The van der Waals surface area contributed by atoms with Crippen LogP contribution in [0.1, 0.15) is 31.9 Å². The van der Waals surface area contributed by atoms with E-state index in [1.165, 1.54) is 11.1 Å². The predicted molar refractivity (Wildman–Crippen MR) is 65.6 cm³/mol. The minimum Gasteiger partial charge on any atom is -0.326 e. The highest BCUT2D eigenvalue weighted by Gasteiger charge is 2.07. The van der Waals surface area contributed by atoms with Crippen LogP contribution >= 0.6 is 0 Å². The Bertz CT molecular complexity index is 294. The van der Waals surface area contributed by atoms with Gasteiger partial charge in [0.2, 0.25) is 0 Å². The van der Waals surface area contributed by atoms with Crippen molar-refractivity contribution in [2.75, 3.05) is 6.54 Å². The van der Waals surface area contributed by atoms with Crippen molar-refractivity contribution in [1.82, 2.24) is 4.90 Å². The Kier molecular flexibility index (Phi) is 4.79. The molecule has 0 spiro atoms. The lowest BCUT2D eigenvalue weighted by atomic mass is 10.1. The standard InChI is InChI=1S/C13H22N2/c1-4-15(11(2)3)10-13-7-5-6-12(8-13)9-14/h5-8,11H,4,9-10,14H2,1-3H3. The number of hydrogen-bond donors (Lipinski definition) is 1. The van der Waals surface area contributed by atoms with Gasteiger partial charge < -0.3 is 5.73 Å². The molecule has 0 bridgehead atoms. The third-order valence-corrected chi connectivity index (χ3v) is 2.75. The third kappa shape index (κ3) is 3.65. The molecule has 0 aliphatic carbocycles. The Morgan fingerprint density at radius 2 is 1.93 bits per heavy atom. The second-order valence-corrected chi connectivity index (χ2v) is 4.18. The molecule has 1 aromatic rings. The van der Waals surface area contributed by atoms with Gasteiger partial charge in [0.1, 0.15) is 0 Å². The Morgan fingerprint density at radius 3 is 2.47 bits per heavy atom. The highest BCUT2D eigenvalue weighted by Crippen LogP contribution is 2.10. The van der Waals surface area contributed by atoms with E-state index in [2.05, 4.69) is 49.9 Å². The quantitative estimate of drug-likeness (QED) is 0.801. The summed E-state index contributed by atoms with van der Waals surface area (Å²) in [6.07, 6.45) is 0. The predicted octanol–water partition coefficient (Wildman–Crippen LogP) is 2.38. The Morgan fingerprint density at radius 1 is 1.27 bits per heavy atom. The Labute approximate surface area is 93.1 Å². The van der Waals surface area contributed by atoms with Crippen molar-refractivity contribution in [3.63, 3.8) is 0 Å². The van der Waals surface area contributed by atoms with E-state index in [-0.39, 0.29) is 0 Å². The van der Waals surface area contributed by atoms with Crippen LogP contribution < -0.4 is 5.73 Å². The number of nitrogens with two attached hydrogens (primary N) is 1. The molecule has 0 saturated carbocycles. The van der Waals surface area contributed by atoms with Gasteiger partial charge in [0.25, 0.3) is 0 Å². The van der Waals surface area contributed by atoms with Gasteiger partial charge in [0, 0.05) is 19.1 Å². The first-order valence-electron chi connectivity index (χ1n) is 5.69.